The summed E-state index contributed by atoms with van der Waals surface area (Å²) in [7, 11) is 0. The van der Waals surface area contributed by atoms with Gasteiger partial charge in [-0.25, -0.2) is 4.79 Å². The third-order valence-electron chi connectivity index (χ3n) is 6.03. The van der Waals surface area contributed by atoms with Crippen LogP contribution in [0.2, 0.25) is 0 Å². The summed E-state index contributed by atoms with van der Waals surface area (Å²) in [5.41, 5.74) is 1.91. The van der Waals surface area contributed by atoms with Crippen LogP contribution in [0.1, 0.15) is 46.2 Å². The third-order valence-corrected chi connectivity index (χ3v) is 9.47. The number of furan rings is 1. The van der Waals surface area contributed by atoms with Crippen molar-refractivity contribution in [3.63, 3.8) is 0 Å². The number of phenolic OH excluding ortho intramolecular Hbond substituents is 1. The van der Waals surface area contributed by atoms with Gasteiger partial charge in [-0.15, -0.1) is 0 Å². The van der Waals surface area contributed by atoms with E-state index >= 15 is 0 Å². The largest absolute Gasteiger partial charge is 0.508 e. The van der Waals surface area contributed by atoms with Crippen molar-refractivity contribution in [2.24, 2.45) is 5.92 Å². The Balaban J connectivity index is 1.66. The number of unbranched alkanes of at least 4 members (excludes halogenated alkanes) is 1. The van der Waals surface area contributed by atoms with E-state index in [9.17, 15) is 19.5 Å². The Bertz CT molecular complexity index is 1440. The molecule has 3 aromatic rings. The summed E-state index contributed by atoms with van der Waals surface area (Å²) in [6.45, 7) is 1.60. The standard InChI is InChI=1S/C28H25I2NO7/c1-2-3-4-22-25(26(35)17-11-12-28(30,23(29)13-17)37-15-24(33)34)20-14-18(7-10-21(20)38-22)31-27(36)16-5-8-19(32)9-6-16/h5-14,17,32H,2-4,15H2,1H3,(H,31,36)(H,33,34). The molecule has 0 saturated heterocycles. The molecule has 3 N–H and O–H groups in total. The zero-order valence-corrected chi connectivity index (χ0v) is 24.7. The molecule has 1 aliphatic carbocycles. The van der Waals surface area contributed by atoms with Gasteiger partial charge in [0.1, 0.15) is 23.7 Å². The van der Waals surface area contributed by atoms with Crippen LogP contribution in [-0.2, 0) is 16.0 Å². The van der Waals surface area contributed by atoms with Crippen LogP contribution >= 0.6 is 45.2 Å². The van der Waals surface area contributed by atoms with Crippen LogP contribution in [-0.4, -0.2) is 38.1 Å². The quantitative estimate of drug-likeness (QED) is 0.0920. The van der Waals surface area contributed by atoms with Crippen molar-refractivity contribution >= 4 is 79.5 Å². The number of carboxylic acids is 1. The molecule has 0 spiro atoms. The topological polar surface area (TPSA) is 126 Å². The van der Waals surface area contributed by atoms with Gasteiger partial charge in [0.05, 0.1) is 11.5 Å². The van der Waals surface area contributed by atoms with Crippen LogP contribution < -0.4 is 5.32 Å². The molecule has 0 saturated carbocycles. The highest BCUT2D eigenvalue weighted by molar-refractivity contribution is 14.1. The monoisotopic (exact) mass is 741 g/mol. The normalized spacial score (nSPS) is 18.8. The number of aliphatic carboxylic acids is 1. The lowest BCUT2D eigenvalue weighted by molar-refractivity contribution is -0.143. The van der Waals surface area contributed by atoms with Crippen molar-refractivity contribution in [2.45, 2.75) is 29.8 Å². The van der Waals surface area contributed by atoms with Gasteiger partial charge in [0.15, 0.2) is 9.39 Å². The molecule has 4 rings (SSSR count). The molecule has 2 unspecified atom stereocenters. The van der Waals surface area contributed by atoms with Crippen LogP contribution in [0.5, 0.6) is 5.75 Å². The van der Waals surface area contributed by atoms with Crippen molar-refractivity contribution in [3.05, 3.63) is 81.2 Å². The number of carbonyl (C=O) groups excluding carboxylic acids is 2. The fourth-order valence-electron chi connectivity index (χ4n) is 4.07. The lowest BCUT2D eigenvalue weighted by atomic mass is 9.90. The van der Waals surface area contributed by atoms with E-state index in [1.54, 1.807) is 36.4 Å². The number of alkyl halides is 1. The zero-order valence-electron chi connectivity index (χ0n) is 20.4. The number of fused-ring (bicyclic) bond motifs is 1. The number of anilines is 1. The first kappa shape index (κ1) is 28.3. The summed E-state index contributed by atoms with van der Waals surface area (Å²) in [6.07, 6.45) is 7.57. The van der Waals surface area contributed by atoms with Crippen molar-refractivity contribution in [2.75, 3.05) is 11.9 Å². The highest BCUT2D eigenvalue weighted by Crippen LogP contribution is 2.41. The van der Waals surface area contributed by atoms with E-state index in [-0.39, 0.29) is 17.4 Å². The number of benzene rings is 2. The molecule has 2 aromatic carbocycles. The van der Waals surface area contributed by atoms with E-state index in [0.29, 0.717) is 43.5 Å². The molecule has 1 aromatic heterocycles. The van der Waals surface area contributed by atoms with Crippen molar-refractivity contribution < 1.29 is 33.8 Å². The second-order valence-corrected chi connectivity index (χ2v) is 11.6. The van der Waals surface area contributed by atoms with Gasteiger partial charge in [-0.2, -0.15) is 0 Å². The molecule has 10 heteroatoms. The van der Waals surface area contributed by atoms with E-state index in [1.165, 1.54) is 24.3 Å². The zero-order chi connectivity index (χ0) is 27.4. The number of hydrogen-bond donors (Lipinski definition) is 3. The summed E-state index contributed by atoms with van der Waals surface area (Å²) in [6, 6.07) is 11.1. The number of phenols is 1. The lowest BCUT2D eigenvalue weighted by Crippen LogP contribution is -2.29. The minimum absolute atomic E-state index is 0.0675. The van der Waals surface area contributed by atoms with E-state index in [4.69, 9.17) is 14.3 Å². The molecule has 38 heavy (non-hydrogen) atoms. The molecule has 198 valence electrons. The Labute approximate surface area is 246 Å². The Morgan fingerprint density at radius 2 is 1.89 bits per heavy atom. The second kappa shape index (κ2) is 12.0. The number of amides is 1. The average molecular weight is 741 g/mol. The number of halogens is 2. The van der Waals surface area contributed by atoms with Crippen molar-refractivity contribution in [1.29, 1.82) is 0 Å². The number of aryl methyl sites for hydroxylation is 1. The molecule has 0 bridgehead atoms. The molecule has 1 aliphatic rings. The number of hydrogen-bond acceptors (Lipinski definition) is 6. The average Bonchev–Trinajstić information content (AvgIpc) is 3.25. The molecule has 8 nitrogen and oxygen atoms in total. The van der Waals surface area contributed by atoms with E-state index in [0.717, 1.165) is 12.8 Å². The number of aromatic hydroxyl groups is 1. The van der Waals surface area contributed by atoms with Gasteiger partial charge in [-0.1, -0.05) is 25.5 Å². The van der Waals surface area contributed by atoms with Gasteiger partial charge in [0.25, 0.3) is 5.91 Å². The molecular weight excluding hydrogens is 716 g/mol. The first-order valence-electron chi connectivity index (χ1n) is 11.9. The molecule has 2 atom stereocenters. The van der Waals surface area contributed by atoms with Gasteiger partial charge in [-0.05, 0) is 100 Å². The fourth-order valence-corrected chi connectivity index (χ4v) is 5.34. The number of ketones is 1. The fraction of sp³-hybridized carbons (Fsp3) is 0.250. The summed E-state index contributed by atoms with van der Waals surface area (Å²) in [4.78, 5) is 37.6. The summed E-state index contributed by atoms with van der Waals surface area (Å²) in [5.74, 6) is -1.50. The Hall–Kier alpha value is -2.71. The molecule has 1 amide bonds. The van der Waals surface area contributed by atoms with Crippen LogP contribution in [0.25, 0.3) is 11.0 Å². The SMILES string of the molecule is CCCCc1oc2ccc(NC(=O)c3ccc(O)cc3)cc2c1C(=O)C1C=CC(I)(OCC(=O)O)C(I)=C1. The third kappa shape index (κ3) is 6.29. The lowest BCUT2D eigenvalue weighted by Gasteiger charge is -2.28. The van der Waals surface area contributed by atoms with Gasteiger partial charge in [-0.3, -0.25) is 9.59 Å². The predicted octanol–water partition coefficient (Wildman–Crippen LogP) is 6.65. The van der Waals surface area contributed by atoms with E-state index in [1.807, 2.05) is 22.6 Å². The first-order valence-corrected chi connectivity index (χ1v) is 14.1. The number of rotatable bonds is 10. The van der Waals surface area contributed by atoms with Gasteiger partial charge < -0.3 is 24.7 Å². The Kier molecular flexibility index (Phi) is 8.93. The number of nitrogens with one attached hydrogen (secondary N) is 1. The number of carboxylic acid groups (broad SMARTS) is 1. The van der Waals surface area contributed by atoms with Crippen LogP contribution in [0, 0.1) is 5.92 Å². The predicted molar refractivity (Wildman–Crippen MR) is 160 cm³/mol. The molecular formula is C28H25I2NO7. The molecule has 1 heterocycles. The molecule has 0 fully saturated rings. The van der Waals surface area contributed by atoms with Gasteiger partial charge in [0.2, 0.25) is 0 Å². The minimum Gasteiger partial charge on any atom is -0.508 e. The van der Waals surface area contributed by atoms with E-state index in [2.05, 4.69) is 34.8 Å². The maximum absolute atomic E-state index is 13.9. The Morgan fingerprint density at radius 1 is 1.16 bits per heavy atom. The summed E-state index contributed by atoms with van der Waals surface area (Å²) >= 11 is 4.10. The number of allylic oxidation sites excluding steroid dienone is 2. The minimum atomic E-state index is -1.07. The Morgan fingerprint density at radius 3 is 2.55 bits per heavy atom. The number of Topliss-reactive ketones (excluding diaryl/α,β-unsaturated/α-hetero) is 1. The maximum Gasteiger partial charge on any atom is 0.329 e. The smallest absolute Gasteiger partial charge is 0.329 e. The summed E-state index contributed by atoms with van der Waals surface area (Å²) < 4.78 is 11.4. The highest BCUT2D eigenvalue weighted by atomic mass is 127. The maximum atomic E-state index is 13.9. The van der Waals surface area contributed by atoms with Gasteiger partial charge >= 0.3 is 5.97 Å². The number of ether oxygens (including phenoxy) is 1. The van der Waals surface area contributed by atoms with E-state index < -0.39 is 22.1 Å². The molecule has 0 radical (unpaired) electrons. The van der Waals surface area contributed by atoms with Crippen molar-refractivity contribution in [1.82, 2.24) is 0 Å². The summed E-state index contributed by atoms with van der Waals surface area (Å²) in [5, 5.41) is 21.9. The van der Waals surface area contributed by atoms with Crippen molar-refractivity contribution in [3.8, 4) is 5.75 Å². The first-order chi connectivity index (χ1) is 18.1. The van der Waals surface area contributed by atoms with Gasteiger partial charge in [0, 0.05) is 26.6 Å². The molecule has 0 aliphatic heterocycles. The number of carbonyl (C=O) groups is 3. The van der Waals surface area contributed by atoms with Crippen LogP contribution in [0.3, 0.4) is 0 Å². The van der Waals surface area contributed by atoms with Crippen LogP contribution in [0.15, 0.2) is 68.7 Å². The second-order valence-electron chi connectivity index (χ2n) is 8.81. The van der Waals surface area contributed by atoms with Crippen LogP contribution in [0.4, 0.5) is 5.69 Å². The highest BCUT2D eigenvalue weighted by Gasteiger charge is 2.35.